The summed E-state index contributed by atoms with van der Waals surface area (Å²) < 4.78 is 23.0. The summed E-state index contributed by atoms with van der Waals surface area (Å²) in [4.78, 5) is 32.7. The normalized spacial score (nSPS) is 21.0. The van der Waals surface area contributed by atoms with Crippen LogP contribution in [0.4, 0.5) is 4.79 Å². The number of benzene rings is 3. The Balaban J connectivity index is 1.22. The van der Waals surface area contributed by atoms with Crippen molar-refractivity contribution in [2.24, 2.45) is 5.92 Å². The summed E-state index contributed by atoms with van der Waals surface area (Å²) in [6.07, 6.45) is 5.60. The number of halogens is 3. The minimum Gasteiger partial charge on any atom is -0.490 e. The van der Waals surface area contributed by atoms with Crippen molar-refractivity contribution in [1.82, 2.24) is 9.80 Å². The number of hydrogen-bond acceptors (Lipinski definition) is 6. The predicted octanol–water partition coefficient (Wildman–Crippen LogP) is 10.1. The Morgan fingerprint density at radius 2 is 1.57 bits per heavy atom. The van der Waals surface area contributed by atoms with Gasteiger partial charge in [0.15, 0.2) is 5.75 Å². The van der Waals surface area contributed by atoms with E-state index < -0.39 is 11.5 Å². The van der Waals surface area contributed by atoms with E-state index in [2.05, 4.69) is 24.3 Å². The number of piperidine rings is 1. The topological polar surface area (TPSA) is 77.5 Å². The Hall–Kier alpha value is -3.17. The van der Waals surface area contributed by atoms with Gasteiger partial charge in [-0.2, -0.15) is 0 Å². The number of aryl methyl sites for hydroxylation is 2. The number of ether oxygens (including phenoxy) is 4. The summed E-state index contributed by atoms with van der Waals surface area (Å²) in [6.45, 7) is 9.25. The maximum absolute atomic E-state index is 15.1. The van der Waals surface area contributed by atoms with Crippen molar-refractivity contribution in [2.75, 3.05) is 26.9 Å². The van der Waals surface area contributed by atoms with Crippen LogP contribution in [0.2, 0.25) is 15.1 Å². The van der Waals surface area contributed by atoms with E-state index in [-0.39, 0.29) is 42.7 Å². The Morgan fingerprint density at radius 3 is 2.23 bits per heavy atom. The molecule has 11 heteroatoms. The monoisotopic (exact) mass is 784 g/mol. The second-order valence-electron chi connectivity index (χ2n) is 15.6. The van der Waals surface area contributed by atoms with Crippen molar-refractivity contribution < 1.29 is 28.5 Å². The first-order valence-corrected chi connectivity index (χ1v) is 19.9. The lowest BCUT2D eigenvalue weighted by atomic mass is 9.75. The van der Waals surface area contributed by atoms with E-state index in [9.17, 15) is 4.79 Å². The van der Waals surface area contributed by atoms with Crippen molar-refractivity contribution in [1.29, 1.82) is 0 Å². The molecule has 0 N–H and O–H groups in total. The molecule has 2 amide bonds. The molecule has 3 fully saturated rings. The van der Waals surface area contributed by atoms with E-state index in [1.165, 1.54) is 5.56 Å². The molecule has 3 aromatic rings. The van der Waals surface area contributed by atoms with Crippen LogP contribution in [-0.2, 0) is 27.2 Å². The molecule has 286 valence electrons. The first-order chi connectivity index (χ1) is 25.3. The molecule has 2 bridgehead atoms. The number of hydrogen-bond donors (Lipinski definition) is 0. The molecule has 0 radical (unpaired) electrons. The molecule has 1 aliphatic carbocycles. The van der Waals surface area contributed by atoms with E-state index in [1.807, 2.05) is 67.8 Å². The number of amides is 2. The van der Waals surface area contributed by atoms with E-state index in [4.69, 9.17) is 53.8 Å². The minimum atomic E-state index is -0.641. The van der Waals surface area contributed by atoms with Gasteiger partial charge < -0.3 is 28.7 Å². The molecular formula is C42H51Cl3N2O6. The van der Waals surface area contributed by atoms with E-state index in [0.717, 1.165) is 55.2 Å². The van der Waals surface area contributed by atoms with Crippen LogP contribution in [0.25, 0.3) is 0 Å². The molecule has 3 aromatic carbocycles. The van der Waals surface area contributed by atoms with Gasteiger partial charge in [-0.3, -0.25) is 4.79 Å². The first-order valence-electron chi connectivity index (χ1n) is 18.7. The van der Waals surface area contributed by atoms with Gasteiger partial charge in [-0.25, -0.2) is 4.79 Å². The Kier molecular flexibility index (Phi) is 12.7. The molecule has 3 aliphatic rings. The van der Waals surface area contributed by atoms with Gasteiger partial charge in [-0.1, -0.05) is 59.1 Å². The van der Waals surface area contributed by atoms with E-state index in [1.54, 1.807) is 7.11 Å². The van der Waals surface area contributed by atoms with Crippen LogP contribution in [0.1, 0.15) is 87.5 Å². The van der Waals surface area contributed by atoms with Crippen molar-refractivity contribution in [3.63, 3.8) is 0 Å². The zero-order valence-electron chi connectivity index (χ0n) is 31.3. The standard InChI is InChI=1S/C42H51Cl3N2O6/c1-26-21-35(44)39(36(45)22-26)52-20-19-51-32-14-9-28(10-15-32)33-24-31-13-17-37(47(31)41(49)53-42(2,3)4)38(33)40(48)46(30-11-12-30)25-29-23-27(7-6-18-50-5)8-16-34(29)43/h8-10,14-16,21-23,30-31,33,37-38H,6-7,11-13,17-20,24-25H2,1-5H3. The summed E-state index contributed by atoms with van der Waals surface area (Å²) in [5, 5.41) is 1.58. The first kappa shape index (κ1) is 39.5. The largest absolute Gasteiger partial charge is 0.490 e. The fourth-order valence-corrected chi connectivity index (χ4v) is 8.78. The van der Waals surface area contributed by atoms with Gasteiger partial charge in [0.25, 0.3) is 0 Å². The molecule has 2 saturated heterocycles. The molecule has 6 rings (SSSR count). The molecule has 2 aliphatic heterocycles. The van der Waals surface area contributed by atoms with Crippen molar-refractivity contribution in [3.8, 4) is 11.5 Å². The number of fused-ring (bicyclic) bond motifs is 2. The van der Waals surface area contributed by atoms with Crippen molar-refractivity contribution >= 4 is 46.8 Å². The fraction of sp³-hybridized carbons (Fsp3) is 0.524. The van der Waals surface area contributed by atoms with Gasteiger partial charge in [-0.15, -0.1) is 0 Å². The fourth-order valence-electron chi connectivity index (χ4n) is 7.90. The van der Waals surface area contributed by atoms with Crippen LogP contribution in [-0.4, -0.2) is 72.5 Å². The highest BCUT2D eigenvalue weighted by atomic mass is 35.5. The molecule has 2 heterocycles. The lowest BCUT2D eigenvalue weighted by Crippen LogP contribution is -2.56. The maximum Gasteiger partial charge on any atom is 0.410 e. The average molecular weight is 786 g/mol. The molecule has 0 spiro atoms. The van der Waals surface area contributed by atoms with Gasteiger partial charge in [0.1, 0.15) is 24.6 Å². The van der Waals surface area contributed by atoms with Crippen LogP contribution in [0, 0.1) is 12.8 Å². The van der Waals surface area contributed by atoms with Crippen LogP contribution in [0.3, 0.4) is 0 Å². The Labute approximate surface area is 328 Å². The number of rotatable bonds is 14. The maximum atomic E-state index is 15.1. The molecule has 4 unspecified atom stereocenters. The average Bonchev–Trinajstić information content (AvgIpc) is 3.89. The Bertz CT molecular complexity index is 1740. The summed E-state index contributed by atoms with van der Waals surface area (Å²) in [5.74, 6) is 0.685. The van der Waals surface area contributed by atoms with Gasteiger partial charge in [-0.05, 0) is 131 Å². The lowest BCUT2D eigenvalue weighted by molar-refractivity contribution is -0.141. The van der Waals surface area contributed by atoms with Crippen LogP contribution in [0.5, 0.6) is 11.5 Å². The summed E-state index contributed by atoms with van der Waals surface area (Å²) in [5.41, 5.74) is 3.49. The third-order valence-electron chi connectivity index (χ3n) is 10.4. The molecule has 8 nitrogen and oxygen atoms in total. The molecule has 1 saturated carbocycles. The van der Waals surface area contributed by atoms with Crippen molar-refractivity contribution in [3.05, 3.63) is 91.9 Å². The van der Waals surface area contributed by atoms with Gasteiger partial charge >= 0.3 is 6.09 Å². The highest BCUT2D eigenvalue weighted by Crippen LogP contribution is 2.49. The molecule has 0 aromatic heterocycles. The molecule has 4 atom stereocenters. The highest BCUT2D eigenvalue weighted by Gasteiger charge is 2.55. The zero-order chi connectivity index (χ0) is 37.9. The van der Waals surface area contributed by atoms with E-state index >= 15 is 4.79 Å². The number of nitrogens with zero attached hydrogens (tertiary/aromatic N) is 2. The smallest absolute Gasteiger partial charge is 0.410 e. The third kappa shape index (κ3) is 9.74. The quantitative estimate of drug-likeness (QED) is 0.152. The van der Waals surface area contributed by atoms with Gasteiger partial charge in [0.05, 0.1) is 16.0 Å². The number of carbonyl (C=O) groups is 2. The van der Waals surface area contributed by atoms with E-state index in [0.29, 0.717) is 52.7 Å². The molecular weight excluding hydrogens is 735 g/mol. The van der Waals surface area contributed by atoms with Gasteiger partial charge in [0.2, 0.25) is 5.91 Å². The second-order valence-corrected chi connectivity index (χ2v) is 16.8. The number of methoxy groups -OCH3 is 1. The minimum absolute atomic E-state index is 0.00926. The zero-order valence-corrected chi connectivity index (χ0v) is 33.6. The number of carbonyl (C=O) groups excluding carboxylic acids is 2. The van der Waals surface area contributed by atoms with Crippen LogP contribution < -0.4 is 9.47 Å². The predicted molar refractivity (Wildman–Crippen MR) is 210 cm³/mol. The summed E-state index contributed by atoms with van der Waals surface area (Å²) in [6, 6.07) is 17.6. The van der Waals surface area contributed by atoms with Crippen LogP contribution >= 0.6 is 34.8 Å². The van der Waals surface area contributed by atoms with Crippen LogP contribution in [0.15, 0.2) is 54.6 Å². The molecule has 53 heavy (non-hydrogen) atoms. The SMILES string of the molecule is COCCCc1ccc(Cl)c(CN(C(=O)C2C(c3ccc(OCCOc4c(Cl)cc(C)cc4Cl)cc3)CC3CCC2N3C(=O)OC(C)(C)C)C2CC2)c1. The highest BCUT2D eigenvalue weighted by molar-refractivity contribution is 6.37. The Morgan fingerprint density at radius 1 is 0.868 bits per heavy atom. The second kappa shape index (κ2) is 17.1. The summed E-state index contributed by atoms with van der Waals surface area (Å²) in [7, 11) is 1.71. The third-order valence-corrected chi connectivity index (χ3v) is 11.3. The lowest BCUT2D eigenvalue weighted by Gasteiger charge is -2.45. The van der Waals surface area contributed by atoms with Gasteiger partial charge in [0, 0.05) is 43.4 Å². The van der Waals surface area contributed by atoms with Crippen molar-refractivity contribution in [2.45, 2.75) is 109 Å². The summed E-state index contributed by atoms with van der Waals surface area (Å²) >= 11 is 19.4.